The molecule has 2 bridgehead atoms. The number of fused-ring (bicyclic) bond motifs is 3. The predicted molar refractivity (Wildman–Crippen MR) is 84.2 cm³/mol. The lowest BCUT2D eigenvalue weighted by molar-refractivity contribution is -0.116. The van der Waals surface area contributed by atoms with Gasteiger partial charge in [-0.05, 0) is 61.0 Å². The lowest BCUT2D eigenvalue weighted by Crippen LogP contribution is -2.53. The molecule has 3 heteroatoms. The summed E-state index contributed by atoms with van der Waals surface area (Å²) in [7, 11) is 0. The van der Waals surface area contributed by atoms with Crippen molar-refractivity contribution in [2.24, 2.45) is 22.2 Å². The third-order valence-corrected chi connectivity index (χ3v) is 6.87. The summed E-state index contributed by atoms with van der Waals surface area (Å²) in [6, 6.07) is 0. The Morgan fingerprint density at radius 2 is 2.00 bits per heavy atom. The molecule has 5 atom stereocenters. The molecule has 3 nitrogen and oxygen atoms in total. The van der Waals surface area contributed by atoms with Gasteiger partial charge in [0.05, 0.1) is 6.10 Å². The molecular formula is C19H24O3. The van der Waals surface area contributed by atoms with Crippen LogP contribution < -0.4 is 0 Å². The molecule has 4 rings (SSSR count). The molecule has 0 aromatic carbocycles. The normalized spacial score (nSPS) is 49.8. The van der Waals surface area contributed by atoms with Crippen LogP contribution in [0, 0.1) is 22.2 Å². The number of hydrogen-bond donors (Lipinski definition) is 2. The highest BCUT2D eigenvalue weighted by molar-refractivity contribution is 6.08. The summed E-state index contributed by atoms with van der Waals surface area (Å²) < 4.78 is 0. The second-order valence-corrected chi connectivity index (χ2v) is 8.39. The third kappa shape index (κ3) is 1.53. The molecule has 22 heavy (non-hydrogen) atoms. The maximum absolute atomic E-state index is 12.1. The standard InChI is InChI=1S/C19H24O3/c1-11-15-12(20)9-19-7-6-17(2,10-19)5-4-14(19)18(15,3)8-13(21)16(11)22/h6-8,12,14,20-21H,4-5,9-10H2,1-3H3/t12-,14+,17+,18+,19+/m1/s1. The maximum Gasteiger partial charge on any atom is 0.222 e. The number of hydrogen-bond acceptors (Lipinski definition) is 3. The minimum atomic E-state index is -0.598. The molecule has 4 aliphatic carbocycles. The lowest BCUT2D eigenvalue weighted by atomic mass is 9.46. The zero-order chi connectivity index (χ0) is 15.9. The molecule has 0 unspecified atom stereocenters. The highest BCUT2D eigenvalue weighted by Gasteiger charge is 2.61. The van der Waals surface area contributed by atoms with Crippen molar-refractivity contribution >= 4 is 5.78 Å². The van der Waals surface area contributed by atoms with Crippen LogP contribution in [0.15, 0.2) is 35.1 Å². The molecule has 0 amide bonds. The van der Waals surface area contributed by atoms with Gasteiger partial charge in [0.1, 0.15) is 0 Å². The van der Waals surface area contributed by atoms with Crippen molar-refractivity contribution in [3.05, 3.63) is 35.1 Å². The predicted octanol–water partition coefficient (Wildman–Crippen LogP) is 3.46. The molecule has 0 aromatic rings. The molecule has 0 heterocycles. The second kappa shape index (κ2) is 3.94. The van der Waals surface area contributed by atoms with Gasteiger partial charge < -0.3 is 10.2 Å². The molecule has 2 N–H and O–H groups in total. The SMILES string of the molecule is CC1=C2[C@H](O)C[C@]34C=C[C@](C)(CC[C@H]3[C@]2(C)C=C(O)C1=O)C4. The molecule has 2 saturated carbocycles. The number of aliphatic hydroxyl groups is 2. The van der Waals surface area contributed by atoms with Crippen molar-refractivity contribution in [3.63, 3.8) is 0 Å². The number of ketones is 1. The Balaban J connectivity index is 1.90. The van der Waals surface area contributed by atoms with Crippen LogP contribution in [0.5, 0.6) is 0 Å². The lowest BCUT2D eigenvalue weighted by Gasteiger charge is -2.58. The first kappa shape index (κ1) is 14.3. The summed E-state index contributed by atoms with van der Waals surface area (Å²) in [5.41, 5.74) is 1.21. The van der Waals surface area contributed by atoms with E-state index in [1.807, 2.05) is 0 Å². The van der Waals surface area contributed by atoms with E-state index in [-0.39, 0.29) is 22.4 Å². The van der Waals surface area contributed by atoms with Crippen molar-refractivity contribution in [2.45, 2.75) is 52.6 Å². The van der Waals surface area contributed by atoms with Crippen molar-refractivity contribution in [2.75, 3.05) is 0 Å². The Kier molecular flexibility index (Phi) is 2.55. The van der Waals surface area contributed by atoms with Gasteiger partial charge in [0, 0.05) is 11.0 Å². The molecule has 0 saturated heterocycles. The molecule has 2 fully saturated rings. The zero-order valence-electron chi connectivity index (χ0n) is 13.5. The van der Waals surface area contributed by atoms with E-state index in [1.54, 1.807) is 13.0 Å². The molecule has 0 radical (unpaired) electrons. The first-order chi connectivity index (χ1) is 10.2. The van der Waals surface area contributed by atoms with Crippen LogP contribution >= 0.6 is 0 Å². The molecule has 0 aromatic heterocycles. The quantitative estimate of drug-likeness (QED) is 0.674. The van der Waals surface area contributed by atoms with Gasteiger partial charge >= 0.3 is 0 Å². The van der Waals surface area contributed by atoms with Gasteiger partial charge in [-0.15, -0.1) is 0 Å². The number of aliphatic hydroxyl groups excluding tert-OH is 2. The van der Waals surface area contributed by atoms with Crippen LogP contribution in [0.25, 0.3) is 0 Å². The summed E-state index contributed by atoms with van der Waals surface area (Å²) >= 11 is 0. The molecule has 1 spiro atoms. The van der Waals surface area contributed by atoms with Crippen LogP contribution in [0.3, 0.4) is 0 Å². The second-order valence-electron chi connectivity index (χ2n) is 8.39. The fraction of sp³-hybridized carbons (Fsp3) is 0.632. The highest BCUT2D eigenvalue weighted by Crippen LogP contribution is 2.68. The van der Waals surface area contributed by atoms with E-state index in [0.29, 0.717) is 17.9 Å². The first-order valence-electron chi connectivity index (χ1n) is 8.27. The fourth-order valence-electron chi connectivity index (χ4n) is 6.09. The van der Waals surface area contributed by atoms with Gasteiger partial charge in [-0.25, -0.2) is 0 Å². The van der Waals surface area contributed by atoms with Crippen molar-refractivity contribution in [1.82, 2.24) is 0 Å². The Morgan fingerprint density at radius 1 is 1.27 bits per heavy atom. The minimum Gasteiger partial charge on any atom is -0.504 e. The first-order valence-corrected chi connectivity index (χ1v) is 8.27. The van der Waals surface area contributed by atoms with Gasteiger partial charge in [0.2, 0.25) is 5.78 Å². The smallest absolute Gasteiger partial charge is 0.222 e. The van der Waals surface area contributed by atoms with Crippen LogP contribution in [-0.2, 0) is 4.79 Å². The Hall–Kier alpha value is -1.35. The summed E-state index contributed by atoms with van der Waals surface area (Å²) in [5, 5.41) is 21.0. The van der Waals surface area contributed by atoms with Crippen LogP contribution in [0.1, 0.15) is 46.5 Å². The monoisotopic (exact) mass is 300 g/mol. The van der Waals surface area contributed by atoms with Gasteiger partial charge in [-0.2, -0.15) is 0 Å². The highest BCUT2D eigenvalue weighted by atomic mass is 16.3. The third-order valence-electron chi connectivity index (χ3n) is 6.87. The van der Waals surface area contributed by atoms with E-state index in [2.05, 4.69) is 26.0 Å². The van der Waals surface area contributed by atoms with Crippen molar-refractivity contribution in [1.29, 1.82) is 0 Å². The van der Waals surface area contributed by atoms with Crippen molar-refractivity contribution < 1.29 is 15.0 Å². The summed E-state index contributed by atoms with van der Waals surface area (Å²) in [6.07, 6.45) is 9.77. The Morgan fingerprint density at radius 3 is 2.73 bits per heavy atom. The average molecular weight is 300 g/mol. The number of carbonyl (C=O) groups excluding carboxylic acids is 1. The van der Waals surface area contributed by atoms with Gasteiger partial charge in [0.15, 0.2) is 5.76 Å². The number of allylic oxidation sites excluding steroid dienone is 4. The van der Waals surface area contributed by atoms with Gasteiger partial charge in [0.25, 0.3) is 0 Å². The number of Topliss-reactive ketones (excluding diaryl/α,β-unsaturated/α-hetero) is 1. The summed E-state index contributed by atoms with van der Waals surface area (Å²) in [6.45, 7) is 6.15. The van der Waals surface area contributed by atoms with E-state index in [0.717, 1.165) is 24.8 Å². The van der Waals surface area contributed by atoms with Crippen LogP contribution in [0.2, 0.25) is 0 Å². The van der Waals surface area contributed by atoms with E-state index >= 15 is 0 Å². The Bertz CT molecular complexity index is 670. The van der Waals surface area contributed by atoms with E-state index in [4.69, 9.17) is 0 Å². The van der Waals surface area contributed by atoms with E-state index in [1.165, 1.54) is 0 Å². The summed E-state index contributed by atoms with van der Waals surface area (Å²) in [4.78, 5) is 12.1. The molecule has 4 aliphatic rings. The minimum absolute atomic E-state index is 0.00210. The Labute approximate surface area is 131 Å². The van der Waals surface area contributed by atoms with E-state index in [9.17, 15) is 15.0 Å². The van der Waals surface area contributed by atoms with Gasteiger partial charge in [-0.3, -0.25) is 4.79 Å². The summed E-state index contributed by atoms with van der Waals surface area (Å²) in [5.74, 6) is -0.135. The number of carbonyl (C=O) groups is 1. The molecule has 0 aliphatic heterocycles. The number of rotatable bonds is 0. The average Bonchev–Trinajstić information content (AvgIpc) is 2.66. The largest absolute Gasteiger partial charge is 0.504 e. The molecular weight excluding hydrogens is 276 g/mol. The van der Waals surface area contributed by atoms with Gasteiger partial charge in [-0.1, -0.05) is 26.0 Å². The molecule has 118 valence electrons. The van der Waals surface area contributed by atoms with Crippen LogP contribution in [0.4, 0.5) is 0 Å². The maximum atomic E-state index is 12.1. The zero-order valence-corrected chi connectivity index (χ0v) is 13.5. The van der Waals surface area contributed by atoms with E-state index < -0.39 is 11.5 Å². The fourth-order valence-corrected chi connectivity index (χ4v) is 6.09. The topological polar surface area (TPSA) is 57.5 Å². The van der Waals surface area contributed by atoms with Crippen LogP contribution in [-0.4, -0.2) is 22.1 Å². The van der Waals surface area contributed by atoms with Crippen molar-refractivity contribution in [3.8, 4) is 0 Å².